The third kappa shape index (κ3) is 3.84. The van der Waals surface area contributed by atoms with Gasteiger partial charge < -0.3 is 9.64 Å². The number of hydrogen-bond acceptors (Lipinski definition) is 5. The third-order valence-corrected chi connectivity index (χ3v) is 4.80. The molecule has 0 aliphatic carbocycles. The van der Waals surface area contributed by atoms with Crippen LogP contribution in [0.15, 0.2) is 53.6 Å². The second kappa shape index (κ2) is 7.98. The Balaban J connectivity index is 1.64. The van der Waals surface area contributed by atoms with Crippen molar-refractivity contribution < 1.29 is 4.74 Å². The van der Waals surface area contributed by atoms with Crippen LogP contribution in [0.25, 0.3) is 17.1 Å². The quantitative estimate of drug-likeness (QED) is 0.682. The molecule has 28 heavy (non-hydrogen) atoms. The molecule has 1 saturated heterocycles. The lowest BCUT2D eigenvalue weighted by Gasteiger charge is -2.28. The molecule has 7 nitrogen and oxygen atoms in total. The Morgan fingerprint density at radius 3 is 2.46 bits per heavy atom. The van der Waals surface area contributed by atoms with Crippen molar-refractivity contribution in [2.45, 2.75) is 20.4 Å². The van der Waals surface area contributed by atoms with Crippen LogP contribution in [-0.2, 0) is 11.3 Å². The van der Waals surface area contributed by atoms with Crippen LogP contribution in [0.1, 0.15) is 13.8 Å². The molecule has 0 spiro atoms. The number of ether oxygens (including phenoxy) is 1. The smallest absolute Gasteiger partial charge is 0.209 e. The first kappa shape index (κ1) is 18.4. The normalized spacial score (nSPS) is 14.6. The predicted octanol–water partition coefficient (Wildman–Crippen LogP) is 2.59. The van der Waals surface area contributed by atoms with Crippen molar-refractivity contribution >= 4 is 5.69 Å². The second-order valence-corrected chi connectivity index (χ2v) is 7.38. The molecule has 0 saturated carbocycles. The van der Waals surface area contributed by atoms with Crippen LogP contribution in [-0.4, -0.2) is 45.9 Å². The molecule has 7 heteroatoms. The standard InChI is InChI=1S/C21H25N5O2/c1-16(2)15-26-19(7-9-22-26)21-20(27)8-10-25(23-21)18-5-3-17(4-6-18)24-11-13-28-14-12-24/h3-10,16H,11-15H2,1-2H3. The molecule has 146 valence electrons. The van der Waals surface area contributed by atoms with Gasteiger partial charge in [-0.05, 0) is 36.2 Å². The molecule has 1 aromatic carbocycles. The SMILES string of the molecule is CC(C)Cn1nccc1-c1nn(-c2ccc(N3CCOCC3)cc2)ccc1=O. The van der Waals surface area contributed by atoms with Gasteiger partial charge in [0, 0.05) is 43.8 Å². The maximum absolute atomic E-state index is 12.5. The third-order valence-electron chi connectivity index (χ3n) is 4.80. The van der Waals surface area contributed by atoms with Gasteiger partial charge in [-0.3, -0.25) is 9.48 Å². The molecule has 1 fully saturated rings. The Bertz CT molecular complexity index is 985. The zero-order valence-corrected chi connectivity index (χ0v) is 16.3. The summed E-state index contributed by atoms with van der Waals surface area (Å²) in [7, 11) is 0. The highest BCUT2D eigenvalue weighted by atomic mass is 16.5. The molecule has 1 aliphatic rings. The molecule has 0 atom stereocenters. The predicted molar refractivity (Wildman–Crippen MR) is 109 cm³/mol. The highest BCUT2D eigenvalue weighted by Gasteiger charge is 2.14. The van der Waals surface area contributed by atoms with Gasteiger partial charge in [-0.2, -0.15) is 10.2 Å². The molecule has 0 radical (unpaired) electrons. The fourth-order valence-electron chi connectivity index (χ4n) is 3.39. The van der Waals surface area contributed by atoms with Crippen LogP contribution in [0.3, 0.4) is 0 Å². The number of benzene rings is 1. The van der Waals surface area contributed by atoms with E-state index < -0.39 is 0 Å². The van der Waals surface area contributed by atoms with Gasteiger partial charge in [0.25, 0.3) is 0 Å². The van der Waals surface area contributed by atoms with Gasteiger partial charge in [0.2, 0.25) is 5.43 Å². The Labute approximate surface area is 164 Å². The summed E-state index contributed by atoms with van der Waals surface area (Å²) in [6.07, 6.45) is 3.42. The summed E-state index contributed by atoms with van der Waals surface area (Å²) < 4.78 is 9.01. The lowest BCUT2D eigenvalue weighted by molar-refractivity contribution is 0.122. The number of hydrogen-bond donors (Lipinski definition) is 0. The minimum Gasteiger partial charge on any atom is -0.378 e. The zero-order valence-electron chi connectivity index (χ0n) is 16.3. The summed E-state index contributed by atoms with van der Waals surface area (Å²) in [5.41, 5.74) is 3.14. The van der Waals surface area contributed by atoms with E-state index in [1.165, 1.54) is 5.69 Å². The Hall–Kier alpha value is -2.93. The first-order valence-corrected chi connectivity index (χ1v) is 9.67. The second-order valence-electron chi connectivity index (χ2n) is 7.38. The fourth-order valence-corrected chi connectivity index (χ4v) is 3.39. The minimum atomic E-state index is -0.105. The van der Waals surface area contributed by atoms with Gasteiger partial charge in [0.05, 0.1) is 24.6 Å². The van der Waals surface area contributed by atoms with Gasteiger partial charge in [0.1, 0.15) is 0 Å². The van der Waals surface area contributed by atoms with Crippen molar-refractivity contribution in [1.82, 2.24) is 19.6 Å². The van der Waals surface area contributed by atoms with Crippen LogP contribution in [0, 0.1) is 5.92 Å². The van der Waals surface area contributed by atoms with E-state index in [4.69, 9.17) is 4.74 Å². The van der Waals surface area contributed by atoms with E-state index in [1.807, 2.05) is 22.9 Å². The molecule has 2 aromatic heterocycles. The average Bonchev–Trinajstić information content (AvgIpc) is 3.16. The van der Waals surface area contributed by atoms with E-state index >= 15 is 0 Å². The Morgan fingerprint density at radius 2 is 1.75 bits per heavy atom. The Morgan fingerprint density at radius 1 is 1.04 bits per heavy atom. The lowest BCUT2D eigenvalue weighted by atomic mass is 10.2. The van der Waals surface area contributed by atoms with E-state index in [0.717, 1.165) is 44.2 Å². The van der Waals surface area contributed by atoms with Crippen molar-refractivity contribution in [3.63, 3.8) is 0 Å². The van der Waals surface area contributed by atoms with Crippen molar-refractivity contribution in [3.8, 4) is 17.1 Å². The maximum atomic E-state index is 12.5. The minimum absolute atomic E-state index is 0.105. The summed E-state index contributed by atoms with van der Waals surface area (Å²) >= 11 is 0. The molecule has 3 aromatic rings. The molecular weight excluding hydrogens is 354 g/mol. The zero-order chi connectivity index (χ0) is 19.5. The summed E-state index contributed by atoms with van der Waals surface area (Å²) in [5, 5.41) is 8.96. The highest BCUT2D eigenvalue weighted by Crippen LogP contribution is 2.19. The lowest BCUT2D eigenvalue weighted by Crippen LogP contribution is -2.36. The van der Waals surface area contributed by atoms with Gasteiger partial charge >= 0.3 is 0 Å². The molecule has 3 heterocycles. The van der Waals surface area contributed by atoms with E-state index in [2.05, 4.69) is 41.1 Å². The molecule has 1 aliphatic heterocycles. The number of rotatable bonds is 5. The van der Waals surface area contributed by atoms with Crippen molar-refractivity contribution in [2.75, 3.05) is 31.2 Å². The van der Waals surface area contributed by atoms with Gasteiger partial charge in [-0.15, -0.1) is 0 Å². The summed E-state index contributed by atoms with van der Waals surface area (Å²) in [6, 6.07) is 11.6. The molecule has 4 rings (SSSR count). The summed E-state index contributed by atoms with van der Waals surface area (Å²) in [4.78, 5) is 14.8. The van der Waals surface area contributed by atoms with E-state index in [9.17, 15) is 4.79 Å². The Kier molecular flexibility index (Phi) is 5.25. The highest BCUT2D eigenvalue weighted by molar-refractivity contribution is 5.54. The monoisotopic (exact) mass is 379 g/mol. The van der Waals surface area contributed by atoms with Gasteiger partial charge in [0.15, 0.2) is 5.69 Å². The van der Waals surface area contributed by atoms with Crippen molar-refractivity contribution in [2.24, 2.45) is 5.92 Å². The largest absolute Gasteiger partial charge is 0.378 e. The van der Waals surface area contributed by atoms with Gasteiger partial charge in [-0.1, -0.05) is 13.8 Å². The number of nitrogens with zero attached hydrogens (tertiary/aromatic N) is 5. The summed E-state index contributed by atoms with van der Waals surface area (Å²) in [5.74, 6) is 0.428. The first-order chi connectivity index (χ1) is 13.6. The van der Waals surface area contributed by atoms with Crippen molar-refractivity contribution in [1.29, 1.82) is 0 Å². The topological polar surface area (TPSA) is 65.2 Å². The van der Waals surface area contributed by atoms with E-state index in [0.29, 0.717) is 11.6 Å². The number of anilines is 1. The van der Waals surface area contributed by atoms with Crippen molar-refractivity contribution in [3.05, 3.63) is 59.0 Å². The van der Waals surface area contributed by atoms with Crippen LogP contribution in [0.4, 0.5) is 5.69 Å². The average molecular weight is 379 g/mol. The van der Waals surface area contributed by atoms with Crippen LogP contribution < -0.4 is 10.3 Å². The molecule has 0 unspecified atom stereocenters. The van der Waals surface area contributed by atoms with E-state index in [1.54, 1.807) is 23.1 Å². The van der Waals surface area contributed by atoms with Crippen LogP contribution >= 0.6 is 0 Å². The molecule has 0 amide bonds. The molecule has 0 bridgehead atoms. The van der Waals surface area contributed by atoms with Crippen LogP contribution in [0.5, 0.6) is 0 Å². The van der Waals surface area contributed by atoms with Gasteiger partial charge in [-0.25, -0.2) is 4.68 Å². The molecular formula is C21H25N5O2. The number of morpholine rings is 1. The maximum Gasteiger partial charge on any atom is 0.209 e. The number of aromatic nitrogens is 4. The summed E-state index contributed by atoms with van der Waals surface area (Å²) in [6.45, 7) is 8.31. The van der Waals surface area contributed by atoms with E-state index in [-0.39, 0.29) is 5.43 Å². The first-order valence-electron chi connectivity index (χ1n) is 9.67. The van der Waals surface area contributed by atoms with Crippen LogP contribution in [0.2, 0.25) is 0 Å². The fraction of sp³-hybridized carbons (Fsp3) is 0.381. The molecule has 0 N–H and O–H groups in total.